The molecule has 0 spiro atoms. The Labute approximate surface area is 537 Å². The number of phosphoric acid groups is 2. The Balaban J connectivity index is 5.24. The summed E-state index contributed by atoms with van der Waals surface area (Å²) in [5.41, 5.74) is 0. The molecular formula is C69H134O17P2. The molecule has 0 heterocycles. The molecule has 19 heteroatoms. The molecule has 0 aliphatic heterocycles. The van der Waals surface area contributed by atoms with Gasteiger partial charge in [0.1, 0.15) is 19.3 Å². The lowest BCUT2D eigenvalue weighted by Gasteiger charge is -2.21. The smallest absolute Gasteiger partial charge is 0.462 e. The zero-order valence-corrected chi connectivity index (χ0v) is 59.1. The molecule has 6 atom stereocenters. The van der Waals surface area contributed by atoms with Gasteiger partial charge in [-0.1, -0.05) is 287 Å². The van der Waals surface area contributed by atoms with Gasteiger partial charge < -0.3 is 33.8 Å². The Morgan fingerprint density at radius 1 is 0.318 bits per heavy atom. The van der Waals surface area contributed by atoms with Gasteiger partial charge in [0.05, 0.1) is 26.4 Å². The summed E-state index contributed by atoms with van der Waals surface area (Å²) in [4.78, 5) is 72.5. The lowest BCUT2D eigenvalue weighted by Crippen LogP contribution is -2.30. The van der Waals surface area contributed by atoms with Crippen LogP contribution in [-0.2, 0) is 65.4 Å². The van der Waals surface area contributed by atoms with Crippen molar-refractivity contribution in [1.29, 1.82) is 0 Å². The van der Waals surface area contributed by atoms with Gasteiger partial charge >= 0.3 is 39.5 Å². The molecule has 0 saturated carbocycles. The molecule has 0 aliphatic rings. The van der Waals surface area contributed by atoms with Gasteiger partial charge in [0.15, 0.2) is 12.2 Å². The molecule has 0 aromatic carbocycles. The minimum absolute atomic E-state index is 0.102. The van der Waals surface area contributed by atoms with E-state index in [1.165, 1.54) is 135 Å². The van der Waals surface area contributed by atoms with Crippen LogP contribution in [0.15, 0.2) is 0 Å². The predicted octanol–water partition coefficient (Wildman–Crippen LogP) is 19.3. The number of aliphatic hydroxyl groups excluding tert-OH is 1. The number of aliphatic hydroxyl groups is 1. The summed E-state index contributed by atoms with van der Waals surface area (Å²) in [5.74, 6) is 0.828. The Bertz CT molecular complexity index is 1750. The first-order valence-corrected chi connectivity index (χ1v) is 38.7. The van der Waals surface area contributed by atoms with Gasteiger partial charge in [0, 0.05) is 25.7 Å². The fraction of sp³-hybridized carbons (Fsp3) is 0.942. The topological polar surface area (TPSA) is 237 Å². The zero-order chi connectivity index (χ0) is 65.4. The predicted molar refractivity (Wildman–Crippen MR) is 354 cm³/mol. The van der Waals surface area contributed by atoms with E-state index >= 15 is 0 Å². The van der Waals surface area contributed by atoms with Crippen molar-refractivity contribution in [3.8, 4) is 0 Å². The first-order valence-electron chi connectivity index (χ1n) is 35.7. The Kier molecular flexibility index (Phi) is 57.6. The third-order valence-corrected chi connectivity index (χ3v) is 18.1. The van der Waals surface area contributed by atoms with E-state index in [1.807, 2.05) is 0 Å². The maximum absolute atomic E-state index is 13.0. The Morgan fingerprint density at radius 2 is 0.545 bits per heavy atom. The normalized spacial score (nSPS) is 14.6. The highest BCUT2D eigenvalue weighted by Crippen LogP contribution is 2.45. The number of rotatable bonds is 66. The van der Waals surface area contributed by atoms with E-state index in [2.05, 4.69) is 55.4 Å². The molecule has 0 aliphatic carbocycles. The van der Waals surface area contributed by atoms with E-state index in [-0.39, 0.29) is 25.7 Å². The molecule has 0 amide bonds. The van der Waals surface area contributed by atoms with Crippen LogP contribution in [0.1, 0.15) is 338 Å². The number of hydrogen-bond donors (Lipinski definition) is 3. The minimum Gasteiger partial charge on any atom is -0.462 e. The number of carbonyl (C=O) groups excluding carboxylic acids is 4. The maximum atomic E-state index is 13.0. The fourth-order valence-corrected chi connectivity index (χ4v) is 11.9. The molecule has 0 fully saturated rings. The summed E-state index contributed by atoms with van der Waals surface area (Å²) in [6, 6.07) is 0. The van der Waals surface area contributed by atoms with Crippen molar-refractivity contribution in [3.05, 3.63) is 0 Å². The minimum atomic E-state index is -4.95. The van der Waals surface area contributed by atoms with E-state index in [1.54, 1.807) is 0 Å². The Hall–Kier alpha value is -1.94. The first-order chi connectivity index (χ1) is 42.1. The van der Waals surface area contributed by atoms with Crippen LogP contribution in [0.25, 0.3) is 0 Å². The van der Waals surface area contributed by atoms with E-state index in [4.69, 9.17) is 37.0 Å². The van der Waals surface area contributed by atoms with Crippen molar-refractivity contribution >= 4 is 39.5 Å². The summed E-state index contributed by atoms with van der Waals surface area (Å²) in [6.45, 7) is 14.0. The molecule has 0 aromatic heterocycles. The molecule has 0 rings (SSSR count). The summed E-state index contributed by atoms with van der Waals surface area (Å²) in [6.07, 6.45) is 40.4. The van der Waals surface area contributed by atoms with Gasteiger partial charge in [-0.15, -0.1) is 0 Å². The zero-order valence-electron chi connectivity index (χ0n) is 57.3. The summed E-state index contributed by atoms with van der Waals surface area (Å²) in [7, 11) is -9.90. The molecule has 4 unspecified atom stereocenters. The number of phosphoric ester groups is 2. The van der Waals surface area contributed by atoms with Crippen molar-refractivity contribution in [3.63, 3.8) is 0 Å². The number of esters is 4. The van der Waals surface area contributed by atoms with Crippen LogP contribution >= 0.6 is 15.6 Å². The third-order valence-electron chi connectivity index (χ3n) is 16.2. The van der Waals surface area contributed by atoms with E-state index in [0.717, 1.165) is 114 Å². The van der Waals surface area contributed by atoms with E-state index in [0.29, 0.717) is 31.6 Å². The van der Waals surface area contributed by atoms with Crippen LogP contribution in [-0.4, -0.2) is 96.7 Å². The second kappa shape index (κ2) is 58.8. The van der Waals surface area contributed by atoms with Gasteiger partial charge in [-0.25, -0.2) is 9.13 Å². The van der Waals surface area contributed by atoms with Gasteiger partial charge in [-0.2, -0.15) is 0 Å². The average molecular weight is 1300 g/mol. The van der Waals surface area contributed by atoms with E-state index in [9.17, 15) is 43.2 Å². The van der Waals surface area contributed by atoms with Crippen LogP contribution in [0, 0.1) is 23.7 Å². The summed E-state index contributed by atoms with van der Waals surface area (Å²) >= 11 is 0. The van der Waals surface area contributed by atoms with E-state index < -0.39 is 97.5 Å². The van der Waals surface area contributed by atoms with Crippen molar-refractivity contribution in [2.24, 2.45) is 23.7 Å². The van der Waals surface area contributed by atoms with Gasteiger partial charge in [-0.3, -0.25) is 37.3 Å². The Morgan fingerprint density at radius 3 is 0.807 bits per heavy atom. The maximum Gasteiger partial charge on any atom is 0.472 e. The number of carbonyl (C=O) groups is 4. The monoisotopic (exact) mass is 1300 g/mol. The van der Waals surface area contributed by atoms with Gasteiger partial charge in [-0.05, 0) is 49.4 Å². The number of unbranched alkanes of at least 4 members (excludes halogenated alkanes) is 31. The van der Waals surface area contributed by atoms with Crippen molar-refractivity contribution in [2.45, 2.75) is 356 Å². The average Bonchev–Trinajstić information content (AvgIpc) is 3.70. The molecule has 0 bridgehead atoms. The van der Waals surface area contributed by atoms with Gasteiger partial charge in [0.25, 0.3) is 0 Å². The number of hydrogen-bond acceptors (Lipinski definition) is 15. The van der Waals surface area contributed by atoms with Crippen molar-refractivity contribution < 1.29 is 80.2 Å². The SMILES string of the molecule is CCC(C)CCCCCCCCC(=O)O[C@H](COC(=O)CCCCCCCCCCCCCC(C)C)COP(=O)(O)OCC(O)COP(=O)(O)OC[C@@H](COC(=O)CCCCCCCCCC(C)C)OC(=O)CCCCCCCCCCCCCC(C)C. The molecule has 3 N–H and O–H groups in total. The van der Waals surface area contributed by atoms with Crippen LogP contribution < -0.4 is 0 Å². The molecule has 522 valence electrons. The molecule has 0 aromatic rings. The fourth-order valence-electron chi connectivity index (χ4n) is 10.3. The lowest BCUT2D eigenvalue weighted by atomic mass is 10.00. The highest BCUT2D eigenvalue weighted by atomic mass is 31.2. The van der Waals surface area contributed by atoms with Crippen molar-refractivity contribution in [2.75, 3.05) is 39.6 Å². The summed E-state index contributed by atoms with van der Waals surface area (Å²) < 4.78 is 68.2. The van der Waals surface area contributed by atoms with Crippen LogP contribution in [0.2, 0.25) is 0 Å². The quantitative estimate of drug-likeness (QED) is 0.0222. The third kappa shape index (κ3) is 61.6. The highest BCUT2D eigenvalue weighted by molar-refractivity contribution is 7.47. The number of ether oxygens (including phenoxy) is 4. The largest absolute Gasteiger partial charge is 0.472 e. The van der Waals surface area contributed by atoms with Crippen LogP contribution in [0.5, 0.6) is 0 Å². The van der Waals surface area contributed by atoms with Gasteiger partial charge in [0.2, 0.25) is 0 Å². The standard InChI is InChI=1S/C69H134O17P2/c1-9-62(8)48-40-32-27-28-36-44-52-69(74)86-65(56-79-66(71)49-41-33-24-18-14-10-12-16-21-29-37-45-59(2)3)58-84-88(77,78)82-54-63(70)53-81-87(75,76)83-57-64(55-80-67(72)50-42-34-26-20-23-31-39-47-61(6)7)85-68(73)51-43-35-25-19-15-11-13-17-22-30-38-46-60(4)5/h59-65,70H,9-58H2,1-8H3,(H,75,76)(H,77,78)/t62?,63?,64-,65-/m1/s1. The van der Waals surface area contributed by atoms with Crippen LogP contribution in [0.4, 0.5) is 0 Å². The molecule has 0 saturated heterocycles. The molecule has 88 heavy (non-hydrogen) atoms. The second-order valence-corrected chi connectivity index (χ2v) is 29.5. The van der Waals surface area contributed by atoms with Crippen LogP contribution in [0.3, 0.4) is 0 Å². The first kappa shape index (κ1) is 86.1. The second-order valence-electron chi connectivity index (χ2n) is 26.6. The molecule has 0 radical (unpaired) electrons. The molecule has 17 nitrogen and oxygen atoms in total. The lowest BCUT2D eigenvalue weighted by molar-refractivity contribution is -0.161. The highest BCUT2D eigenvalue weighted by Gasteiger charge is 2.30. The van der Waals surface area contributed by atoms with Crippen molar-refractivity contribution in [1.82, 2.24) is 0 Å². The molecular weight excluding hydrogens is 1160 g/mol. The summed E-state index contributed by atoms with van der Waals surface area (Å²) in [5, 5.41) is 10.6.